The zero-order valence-corrected chi connectivity index (χ0v) is 7.89. The lowest BCUT2D eigenvalue weighted by atomic mass is 10.3. The Kier molecular flexibility index (Phi) is 3.32. The number of carbonyl (C=O) groups is 2. The summed E-state index contributed by atoms with van der Waals surface area (Å²) >= 11 is 1.31. The van der Waals surface area contributed by atoms with Gasteiger partial charge in [-0.1, -0.05) is 0 Å². The molecule has 0 saturated heterocycles. The van der Waals surface area contributed by atoms with Gasteiger partial charge < -0.3 is 15.8 Å². The van der Waals surface area contributed by atoms with Crippen molar-refractivity contribution in [2.24, 2.45) is 5.73 Å². The van der Waals surface area contributed by atoms with E-state index in [0.29, 0.717) is 5.75 Å². The van der Waals surface area contributed by atoms with Crippen LogP contribution in [0.25, 0.3) is 0 Å². The summed E-state index contributed by atoms with van der Waals surface area (Å²) in [4.78, 5) is 22.2. The fourth-order valence-electron chi connectivity index (χ4n) is 0.775. The highest BCUT2D eigenvalue weighted by Crippen LogP contribution is 2.11. The van der Waals surface area contributed by atoms with Crippen LogP contribution in [0.3, 0.4) is 0 Å². The van der Waals surface area contributed by atoms with Crippen molar-refractivity contribution in [2.75, 3.05) is 12.9 Å². The van der Waals surface area contributed by atoms with Crippen molar-refractivity contribution in [3.8, 4) is 0 Å². The van der Waals surface area contributed by atoms with E-state index in [0.717, 1.165) is 0 Å². The van der Waals surface area contributed by atoms with E-state index < -0.39 is 12.0 Å². The first-order valence-corrected chi connectivity index (χ1v) is 4.66. The fraction of sp³-hybridized carbons (Fsp3) is 0.429. The molecule has 13 heavy (non-hydrogen) atoms. The quantitative estimate of drug-likeness (QED) is 0.543. The third-order valence-electron chi connectivity index (χ3n) is 1.48. The summed E-state index contributed by atoms with van der Waals surface area (Å²) in [5.74, 6) is -0.455. The number of thioether (sulfide) groups is 1. The van der Waals surface area contributed by atoms with Crippen molar-refractivity contribution >= 4 is 23.6 Å². The van der Waals surface area contributed by atoms with Crippen LogP contribution in [0, 0.1) is 0 Å². The molecule has 3 N–H and O–H groups in total. The molecular formula is C7H10N2O3S. The summed E-state index contributed by atoms with van der Waals surface area (Å²) in [6.45, 7) is 0. The minimum atomic E-state index is -0.580. The van der Waals surface area contributed by atoms with Crippen LogP contribution in [-0.2, 0) is 14.3 Å². The molecule has 0 spiro atoms. The van der Waals surface area contributed by atoms with Crippen LogP contribution >= 0.6 is 11.8 Å². The Hall–Kier alpha value is -1.01. The zero-order valence-electron chi connectivity index (χ0n) is 7.07. The molecule has 1 amide bonds. The maximum atomic E-state index is 11.1. The molecule has 0 bridgehead atoms. The molecule has 6 heteroatoms. The highest BCUT2D eigenvalue weighted by molar-refractivity contribution is 8.02. The summed E-state index contributed by atoms with van der Waals surface area (Å²) in [6, 6.07) is -0.580. The number of hydrogen-bond donors (Lipinski definition) is 2. The van der Waals surface area contributed by atoms with Gasteiger partial charge in [0.25, 0.3) is 0 Å². The first-order valence-electron chi connectivity index (χ1n) is 3.61. The molecule has 1 heterocycles. The number of nitrogens with two attached hydrogens (primary N) is 1. The van der Waals surface area contributed by atoms with Crippen LogP contribution in [0.5, 0.6) is 0 Å². The molecule has 0 aromatic carbocycles. The lowest BCUT2D eigenvalue weighted by Crippen LogP contribution is -2.41. The second kappa shape index (κ2) is 4.29. The summed E-state index contributed by atoms with van der Waals surface area (Å²) in [5, 5.41) is 3.92. The maximum Gasteiger partial charge on any atom is 0.355 e. The number of methoxy groups -OCH3 is 1. The molecule has 0 radical (unpaired) electrons. The molecule has 1 rings (SSSR count). The Labute approximate surface area is 79.7 Å². The largest absolute Gasteiger partial charge is 0.464 e. The van der Waals surface area contributed by atoms with Crippen LogP contribution in [0.15, 0.2) is 11.1 Å². The van der Waals surface area contributed by atoms with Gasteiger partial charge in [0.2, 0.25) is 5.91 Å². The van der Waals surface area contributed by atoms with E-state index in [1.165, 1.54) is 24.3 Å². The van der Waals surface area contributed by atoms with E-state index in [-0.39, 0.29) is 11.6 Å². The van der Waals surface area contributed by atoms with Crippen LogP contribution < -0.4 is 11.1 Å². The highest BCUT2D eigenvalue weighted by atomic mass is 32.2. The molecule has 0 aromatic rings. The lowest BCUT2D eigenvalue weighted by molar-refractivity contribution is -0.137. The van der Waals surface area contributed by atoms with E-state index >= 15 is 0 Å². The van der Waals surface area contributed by atoms with Crippen molar-refractivity contribution in [1.82, 2.24) is 5.32 Å². The van der Waals surface area contributed by atoms with Crippen molar-refractivity contribution in [3.05, 3.63) is 11.1 Å². The van der Waals surface area contributed by atoms with Gasteiger partial charge in [0.1, 0.15) is 5.70 Å². The Morgan fingerprint density at radius 1 is 1.85 bits per heavy atom. The highest BCUT2D eigenvalue weighted by Gasteiger charge is 2.21. The molecule has 0 aliphatic carbocycles. The standard InChI is InChI=1S/C7H10N2O3S/c1-12-7(11)5-3-13-2-4(8)6(10)9-5/h3-4H,2,8H2,1H3,(H,9,10). The number of hydrogen-bond acceptors (Lipinski definition) is 5. The van der Waals surface area contributed by atoms with Gasteiger partial charge in [-0.05, 0) is 0 Å². The maximum absolute atomic E-state index is 11.1. The van der Waals surface area contributed by atoms with Crippen molar-refractivity contribution in [1.29, 1.82) is 0 Å². The topological polar surface area (TPSA) is 81.4 Å². The van der Waals surface area contributed by atoms with E-state index in [4.69, 9.17) is 5.73 Å². The molecule has 0 saturated carbocycles. The number of amides is 1. The van der Waals surface area contributed by atoms with Crippen LogP contribution in [0.2, 0.25) is 0 Å². The van der Waals surface area contributed by atoms with Gasteiger partial charge >= 0.3 is 5.97 Å². The zero-order chi connectivity index (χ0) is 9.84. The molecule has 1 unspecified atom stereocenters. The summed E-state index contributed by atoms with van der Waals surface area (Å²) < 4.78 is 4.45. The normalized spacial score (nSPS) is 22.8. The van der Waals surface area contributed by atoms with E-state index in [9.17, 15) is 9.59 Å². The summed E-state index contributed by atoms with van der Waals surface area (Å²) in [6.07, 6.45) is 0. The second-order valence-electron chi connectivity index (χ2n) is 2.45. The number of rotatable bonds is 1. The molecule has 1 aliphatic heterocycles. The first kappa shape index (κ1) is 10.1. The average molecular weight is 202 g/mol. The molecule has 72 valence electrons. The predicted molar refractivity (Wildman–Crippen MR) is 48.7 cm³/mol. The Bertz CT molecular complexity index is 264. The van der Waals surface area contributed by atoms with Crippen LogP contribution in [0.4, 0.5) is 0 Å². The van der Waals surface area contributed by atoms with Gasteiger partial charge in [0.15, 0.2) is 0 Å². The van der Waals surface area contributed by atoms with Crippen molar-refractivity contribution in [3.63, 3.8) is 0 Å². The summed E-state index contributed by atoms with van der Waals surface area (Å²) in [5.41, 5.74) is 5.61. The number of carbonyl (C=O) groups excluding carboxylic acids is 2. The van der Waals surface area contributed by atoms with Gasteiger partial charge in [-0.3, -0.25) is 4.79 Å². The van der Waals surface area contributed by atoms with E-state index in [1.54, 1.807) is 0 Å². The molecular weight excluding hydrogens is 192 g/mol. The predicted octanol–water partition coefficient (Wildman–Crippen LogP) is -0.809. The molecule has 1 atom stereocenters. The van der Waals surface area contributed by atoms with Gasteiger partial charge in [-0.2, -0.15) is 0 Å². The lowest BCUT2D eigenvalue weighted by Gasteiger charge is -2.07. The Morgan fingerprint density at radius 3 is 3.15 bits per heavy atom. The summed E-state index contributed by atoms with van der Waals surface area (Å²) in [7, 11) is 1.25. The SMILES string of the molecule is COC(=O)C1=CSCC(N)C(=O)N1. The minimum absolute atomic E-state index is 0.144. The van der Waals surface area contributed by atoms with Crippen molar-refractivity contribution in [2.45, 2.75) is 6.04 Å². The van der Waals surface area contributed by atoms with Gasteiger partial charge in [-0.25, -0.2) is 4.79 Å². The fourth-order valence-corrected chi connectivity index (χ4v) is 1.55. The number of esters is 1. The van der Waals surface area contributed by atoms with Gasteiger partial charge in [0, 0.05) is 11.2 Å². The molecule has 0 fully saturated rings. The Morgan fingerprint density at radius 2 is 2.54 bits per heavy atom. The molecule has 1 aliphatic rings. The third-order valence-corrected chi connectivity index (χ3v) is 2.43. The Balaban J connectivity index is 2.71. The smallest absolute Gasteiger partial charge is 0.355 e. The van der Waals surface area contributed by atoms with Gasteiger partial charge in [-0.15, -0.1) is 11.8 Å². The average Bonchev–Trinajstić information content (AvgIpc) is 2.28. The van der Waals surface area contributed by atoms with Gasteiger partial charge in [0.05, 0.1) is 13.2 Å². The number of ether oxygens (including phenoxy) is 1. The number of nitrogens with one attached hydrogen (secondary N) is 1. The van der Waals surface area contributed by atoms with Crippen LogP contribution in [-0.4, -0.2) is 30.8 Å². The minimum Gasteiger partial charge on any atom is -0.464 e. The van der Waals surface area contributed by atoms with E-state index in [2.05, 4.69) is 10.1 Å². The van der Waals surface area contributed by atoms with E-state index in [1.807, 2.05) is 0 Å². The molecule has 5 nitrogen and oxygen atoms in total. The molecule has 0 aromatic heterocycles. The van der Waals surface area contributed by atoms with Crippen molar-refractivity contribution < 1.29 is 14.3 Å². The monoisotopic (exact) mass is 202 g/mol. The first-order chi connectivity index (χ1) is 6.15. The second-order valence-corrected chi connectivity index (χ2v) is 3.35. The third kappa shape index (κ3) is 2.46. The van der Waals surface area contributed by atoms with Crippen LogP contribution in [0.1, 0.15) is 0 Å².